The number of benzene rings is 4. The summed E-state index contributed by atoms with van der Waals surface area (Å²) in [4.78, 5) is 20.6. The number of carbonyl (C=O) groups is 1. The Morgan fingerprint density at radius 1 is 0.886 bits per heavy atom. The Bertz CT molecular complexity index is 1910. The summed E-state index contributed by atoms with van der Waals surface area (Å²) in [5.41, 5.74) is 3.47. The van der Waals surface area contributed by atoms with Gasteiger partial charge in [0.25, 0.3) is 0 Å². The first-order valence-corrected chi connectivity index (χ1v) is 15.8. The van der Waals surface area contributed by atoms with E-state index < -0.39 is 9.71 Å². The molecule has 1 fully saturated rings. The van der Waals surface area contributed by atoms with Gasteiger partial charge in [-0.15, -0.1) is 0 Å². The molecule has 0 spiro atoms. The summed E-state index contributed by atoms with van der Waals surface area (Å²) in [6, 6.07) is 29.3. The van der Waals surface area contributed by atoms with Crippen LogP contribution < -0.4 is 19.1 Å². The van der Waals surface area contributed by atoms with Crippen LogP contribution in [0.15, 0.2) is 108 Å². The Hall–Kier alpha value is -5.02. The molecular formula is C35H33N3O5S. The Morgan fingerprint density at radius 2 is 1.57 bits per heavy atom. The maximum atomic E-state index is 14.3. The molecule has 6 rings (SSSR count). The summed E-state index contributed by atoms with van der Waals surface area (Å²) < 4.78 is 32.9. The molecule has 224 valence electrons. The Labute approximate surface area is 257 Å². The maximum absolute atomic E-state index is 14.3. The largest absolute Gasteiger partial charge is 0.493 e. The Morgan fingerprint density at radius 3 is 2.25 bits per heavy atom. The minimum Gasteiger partial charge on any atom is -0.493 e. The average Bonchev–Trinajstić information content (AvgIpc) is 3.37. The van der Waals surface area contributed by atoms with E-state index in [4.69, 9.17) is 14.2 Å². The van der Waals surface area contributed by atoms with E-state index in [0.717, 1.165) is 16.5 Å². The number of hydrogen-bond acceptors (Lipinski definition) is 6. The fraction of sp³-hybridized carbons (Fsp3) is 0.171. The lowest BCUT2D eigenvalue weighted by Gasteiger charge is -2.27. The first-order chi connectivity index (χ1) is 21.3. The van der Waals surface area contributed by atoms with Gasteiger partial charge in [-0.1, -0.05) is 48.0 Å². The molecule has 0 radical (unpaired) electrons. The highest BCUT2D eigenvalue weighted by Gasteiger charge is 2.43. The van der Waals surface area contributed by atoms with E-state index in [1.165, 1.54) is 4.31 Å². The van der Waals surface area contributed by atoms with E-state index >= 15 is 0 Å². The van der Waals surface area contributed by atoms with Gasteiger partial charge in [0.2, 0.25) is 0 Å². The van der Waals surface area contributed by atoms with Crippen molar-refractivity contribution in [2.45, 2.75) is 24.3 Å². The normalized spacial score (nSPS) is 16.2. The van der Waals surface area contributed by atoms with Crippen LogP contribution in [0, 0.1) is 6.92 Å². The van der Waals surface area contributed by atoms with Gasteiger partial charge >= 0.3 is 6.03 Å². The van der Waals surface area contributed by atoms with E-state index in [9.17, 15) is 9.00 Å². The highest BCUT2D eigenvalue weighted by molar-refractivity contribution is 7.98. The molecule has 1 aliphatic heterocycles. The number of carbonyl (C=O) groups excluding carboxylic acids is 1. The van der Waals surface area contributed by atoms with E-state index in [2.05, 4.69) is 10.9 Å². The van der Waals surface area contributed by atoms with Crippen molar-refractivity contribution in [3.05, 3.63) is 114 Å². The predicted octanol–water partition coefficient (Wildman–Crippen LogP) is 6.90. The highest BCUT2D eigenvalue weighted by atomic mass is 32.2. The average molecular weight is 608 g/mol. The van der Waals surface area contributed by atoms with Gasteiger partial charge in [-0.2, -0.15) is 0 Å². The lowest BCUT2D eigenvalue weighted by molar-refractivity contribution is 0.235. The minimum absolute atomic E-state index is 0.345. The molecule has 0 N–H and O–H groups in total. The van der Waals surface area contributed by atoms with Crippen molar-refractivity contribution in [2.24, 2.45) is 0 Å². The van der Waals surface area contributed by atoms with Crippen LogP contribution in [0.5, 0.6) is 23.0 Å². The SMILES string of the molecule is C=S(=O)(c1ccc(C)cc1)N1C(=O)N(c2ccc(Oc3ccnc4cc(OC)c(OC)cc34)cc2)CC1Cc1ccccc1. The number of rotatable bonds is 9. The molecule has 1 aliphatic rings. The zero-order valence-electron chi connectivity index (χ0n) is 24.8. The van der Waals surface area contributed by atoms with Crippen molar-refractivity contribution in [1.82, 2.24) is 9.29 Å². The number of ether oxygens (including phenoxy) is 3. The molecule has 2 amide bonds. The summed E-state index contributed by atoms with van der Waals surface area (Å²) in [5.74, 6) is 6.43. The smallest absolute Gasteiger partial charge is 0.336 e. The van der Waals surface area contributed by atoms with Gasteiger partial charge in [0.05, 0.1) is 35.5 Å². The standard InChI is InChI=1S/C35H33N3O5S/c1-24-10-16-29(17-11-24)44(4,40)38-27(20-25-8-6-5-7-9-25)23-37(35(38)39)26-12-14-28(15-13-26)43-32-18-19-36-31-22-34(42-3)33(41-2)21-30(31)32/h5-19,21-22,27H,4,20,23H2,1-3H3. The van der Waals surface area contributed by atoms with Crippen LogP contribution in [-0.2, 0) is 16.1 Å². The molecule has 8 nitrogen and oxygen atoms in total. The number of pyridine rings is 1. The summed E-state index contributed by atoms with van der Waals surface area (Å²) in [5, 5.41) is 0.768. The second-order valence-electron chi connectivity index (χ2n) is 10.6. The lowest BCUT2D eigenvalue weighted by Crippen LogP contribution is -2.41. The van der Waals surface area contributed by atoms with E-state index in [0.29, 0.717) is 52.1 Å². The van der Waals surface area contributed by atoms with Crippen LogP contribution in [-0.4, -0.2) is 52.2 Å². The molecule has 2 atom stereocenters. The fourth-order valence-corrected chi connectivity index (χ4v) is 7.24. The van der Waals surface area contributed by atoms with Gasteiger partial charge in [-0.25, -0.2) is 13.3 Å². The molecule has 1 aromatic heterocycles. The predicted molar refractivity (Wildman–Crippen MR) is 175 cm³/mol. The van der Waals surface area contributed by atoms with Crippen LogP contribution in [0.2, 0.25) is 0 Å². The monoisotopic (exact) mass is 607 g/mol. The number of anilines is 1. The molecule has 5 aromatic rings. The number of aromatic nitrogens is 1. The van der Waals surface area contributed by atoms with Gasteiger partial charge in [0.1, 0.15) is 11.5 Å². The van der Waals surface area contributed by atoms with Crippen LogP contribution >= 0.6 is 0 Å². The Balaban J connectivity index is 1.29. The van der Waals surface area contributed by atoms with Gasteiger partial charge < -0.3 is 14.2 Å². The quantitative estimate of drug-likeness (QED) is 0.170. The molecule has 2 heterocycles. The minimum atomic E-state index is -3.10. The van der Waals surface area contributed by atoms with Crippen LogP contribution in [0.1, 0.15) is 11.1 Å². The molecule has 0 aliphatic carbocycles. The summed E-state index contributed by atoms with van der Waals surface area (Å²) in [7, 11) is 0.0596. The van der Waals surface area contributed by atoms with Gasteiger partial charge in [-0.05, 0) is 73.3 Å². The third kappa shape index (κ3) is 5.54. The van der Waals surface area contributed by atoms with Crippen molar-refractivity contribution in [3.63, 3.8) is 0 Å². The molecule has 0 saturated carbocycles. The number of fused-ring (bicyclic) bond motifs is 1. The summed E-state index contributed by atoms with van der Waals surface area (Å²) >= 11 is 0. The molecule has 4 aromatic carbocycles. The number of hydrogen-bond donors (Lipinski definition) is 0. The number of methoxy groups -OCH3 is 2. The topological polar surface area (TPSA) is 81.2 Å². The van der Waals surface area contributed by atoms with Gasteiger partial charge in [0.15, 0.2) is 11.5 Å². The number of urea groups is 1. The van der Waals surface area contributed by atoms with Crippen molar-refractivity contribution in [3.8, 4) is 23.0 Å². The zero-order valence-corrected chi connectivity index (χ0v) is 25.6. The molecule has 44 heavy (non-hydrogen) atoms. The van der Waals surface area contributed by atoms with Crippen molar-refractivity contribution in [1.29, 1.82) is 0 Å². The number of amides is 2. The van der Waals surface area contributed by atoms with E-state index in [-0.39, 0.29) is 12.1 Å². The third-order valence-electron chi connectivity index (χ3n) is 7.75. The first-order valence-electron chi connectivity index (χ1n) is 14.2. The first kappa shape index (κ1) is 29.1. The third-order valence-corrected chi connectivity index (χ3v) is 9.85. The summed E-state index contributed by atoms with van der Waals surface area (Å²) in [6.07, 6.45) is 2.22. The van der Waals surface area contributed by atoms with Crippen LogP contribution in [0.25, 0.3) is 10.9 Å². The van der Waals surface area contributed by atoms with Crippen LogP contribution in [0.4, 0.5) is 10.5 Å². The molecular weight excluding hydrogens is 574 g/mol. The second kappa shape index (κ2) is 11.9. The van der Waals surface area contributed by atoms with Crippen molar-refractivity contribution < 1.29 is 23.2 Å². The molecule has 2 unspecified atom stereocenters. The van der Waals surface area contributed by atoms with Crippen molar-refractivity contribution in [2.75, 3.05) is 25.7 Å². The fourth-order valence-electron chi connectivity index (χ4n) is 5.48. The molecule has 9 heteroatoms. The Kier molecular flexibility index (Phi) is 7.88. The zero-order chi connectivity index (χ0) is 30.8. The van der Waals surface area contributed by atoms with Crippen LogP contribution in [0.3, 0.4) is 0 Å². The van der Waals surface area contributed by atoms with Gasteiger partial charge in [0, 0.05) is 34.8 Å². The number of nitrogens with zero attached hydrogens (tertiary/aromatic N) is 3. The molecule has 0 bridgehead atoms. The van der Waals surface area contributed by atoms with Crippen molar-refractivity contribution >= 4 is 38.2 Å². The highest BCUT2D eigenvalue weighted by Crippen LogP contribution is 2.38. The lowest BCUT2D eigenvalue weighted by atomic mass is 10.1. The van der Waals surface area contributed by atoms with Gasteiger partial charge in [-0.3, -0.25) is 9.88 Å². The number of aryl methyl sites for hydroxylation is 1. The second-order valence-corrected chi connectivity index (χ2v) is 12.8. The summed E-state index contributed by atoms with van der Waals surface area (Å²) in [6.45, 7) is 2.33. The maximum Gasteiger partial charge on any atom is 0.336 e. The van der Waals surface area contributed by atoms with E-state index in [1.807, 2.05) is 79.7 Å². The molecule has 1 saturated heterocycles. The van der Waals surface area contributed by atoms with E-state index in [1.54, 1.807) is 49.6 Å².